The zero-order valence-electron chi connectivity index (χ0n) is 6.71. The van der Waals surface area contributed by atoms with Crippen LogP contribution < -0.4 is 17.2 Å². The highest BCUT2D eigenvalue weighted by molar-refractivity contribution is 5.91. The first kappa shape index (κ1) is 10.1. The van der Waals surface area contributed by atoms with Gasteiger partial charge in [0, 0.05) is 5.57 Å². The topological polar surface area (TPSA) is 95.1 Å². The molecular weight excluding hydrogens is 142 g/mol. The molecule has 0 radical (unpaired) electrons. The van der Waals surface area contributed by atoms with Crippen molar-refractivity contribution in [3.63, 3.8) is 0 Å². The number of carbonyl (C=O) groups is 1. The second-order valence-electron chi connectivity index (χ2n) is 2.49. The number of carbonyl (C=O) groups excluding carboxylic acids is 1. The molecule has 0 fully saturated rings. The van der Waals surface area contributed by atoms with Crippen LogP contribution in [0, 0.1) is 0 Å². The number of rotatable bonds is 4. The molecule has 0 saturated heterocycles. The molecule has 0 atom stereocenters. The van der Waals surface area contributed by atoms with Crippen molar-refractivity contribution in [3.05, 3.63) is 11.6 Å². The third-order valence-corrected chi connectivity index (χ3v) is 1.34. The zero-order valence-corrected chi connectivity index (χ0v) is 6.71. The van der Waals surface area contributed by atoms with Gasteiger partial charge >= 0.3 is 0 Å². The van der Waals surface area contributed by atoms with E-state index in [1.165, 1.54) is 0 Å². The van der Waals surface area contributed by atoms with Gasteiger partial charge in [0.15, 0.2) is 0 Å². The van der Waals surface area contributed by atoms with Crippen molar-refractivity contribution in [1.82, 2.24) is 0 Å². The van der Waals surface area contributed by atoms with Gasteiger partial charge in [-0.1, -0.05) is 6.08 Å². The summed E-state index contributed by atoms with van der Waals surface area (Å²) < 4.78 is 0. The Morgan fingerprint density at radius 2 is 2.09 bits per heavy atom. The SMILES string of the molecule is CC(=CCCC(N)N)C(N)=O. The van der Waals surface area contributed by atoms with Crippen molar-refractivity contribution in [3.8, 4) is 0 Å². The maximum absolute atomic E-state index is 10.5. The lowest BCUT2D eigenvalue weighted by Crippen LogP contribution is -2.29. The van der Waals surface area contributed by atoms with Gasteiger partial charge in [0.1, 0.15) is 0 Å². The molecule has 0 rings (SSSR count). The Hall–Kier alpha value is -0.870. The first-order valence-corrected chi connectivity index (χ1v) is 3.51. The summed E-state index contributed by atoms with van der Waals surface area (Å²) in [5, 5.41) is 0. The quantitative estimate of drug-likeness (QED) is 0.377. The molecule has 0 spiro atoms. The van der Waals surface area contributed by atoms with Crippen molar-refractivity contribution in [1.29, 1.82) is 0 Å². The zero-order chi connectivity index (χ0) is 8.85. The molecule has 4 heteroatoms. The number of amides is 1. The molecule has 1 amide bonds. The van der Waals surface area contributed by atoms with Crippen LogP contribution in [0.15, 0.2) is 11.6 Å². The van der Waals surface area contributed by atoms with Gasteiger partial charge in [-0.3, -0.25) is 4.79 Å². The lowest BCUT2D eigenvalue weighted by Gasteiger charge is -2.00. The van der Waals surface area contributed by atoms with E-state index in [9.17, 15) is 4.79 Å². The molecule has 0 heterocycles. The molecule has 0 bridgehead atoms. The third kappa shape index (κ3) is 5.57. The van der Waals surface area contributed by atoms with Gasteiger partial charge in [-0.2, -0.15) is 0 Å². The summed E-state index contributed by atoms with van der Waals surface area (Å²) >= 11 is 0. The number of hydrogen-bond acceptors (Lipinski definition) is 3. The third-order valence-electron chi connectivity index (χ3n) is 1.34. The number of allylic oxidation sites excluding steroid dienone is 1. The molecule has 0 aromatic heterocycles. The summed E-state index contributed by atoms with van der Waals surface area (Å²) in [5.74, 6) is -0.393. The highest BCUT2D eigenvalue weighted by Gasteiger charge is 1.96. The average Bonchev–Trinajstić information content (AvgIpc) is 1.86. The van der Waals surface area contributed by atoms with Gasteiger partial charge in [0.05, 0.1) is 6.17 Å². The van der Waals surface area contributed by atoms with Crippen LogP contribution in [0.2, 0.25) is 0 Å². The molecule has 0 aromatic rings. The van der Waals surface area contributed by atoms with E-state index in [0.717, 1.165) is 0 Å². The van der Waals surface area contributed by atoms with E-state index >= 15 is 0 Å². The Morgan fingerprint density at radius 3 is 2.45 bits per heavy atom. The fourth-order valence-electron chi connectivity index (χ4n) is 0.593. The van der Waals surface area contributed by atoms with Crippen molar-refractivity contribution in [2.45, 2.75) is 25.9 Å². The second-order valence-corrected chi connectivity index (χ2v) is 2.49. The van der Waals surface area contributed by atoms with Gasteiger partial charge in [-0.05, 0) is 19.8 Å². The van der Waals surface area contributed by atoms with Crippen molar-refractivity contribution in [2.24, 2.45) is 17.2 Å². The fourth-order valence-corrected chi connectivity index (χ4v) is 0.593. The summed E-state index contributed by atoms with van der Waals surface area (Å²) in [6.07, 6.45) is 2.80. The van der Waals surface area contributed by atoms with Crippen LogP contribution in [-0.4, -0.2) is 12.1 Å². The van der Waals surface area contributed by atoms with Crippen LogP contribution in [0.3, 0.4) is 0 Å². The Kier molecular flexibility index (Phi) is 4.49. The monoisotopic (exact) mass is 157 g/mol. The van der Waals surface area contributed by atoms with E-state index in [-0.39, 0.29) is 6.17 Å². The van der Waals surface area contributed by atoms with Gasteiger partial charge in [0.25, 0.3) is 0 Å². The number of primary amides is 1. The van der Waals surface area contributed by atoms with Crippen LogP contribution in [0.4, 0.5) is 0 Å². The van der Waals surface area contributed by atoms with E-state index in [0.29, 0.717) is 18.4 Å². The normalized spacial score (nSPS) is 12.2. The molecule has 64 valence electrons. The summed E-state index contributed by atoms with van der Waals surface area (Å²) in [5.41, 5.74) is 16.1. The molecule has 0 aliphatic carbocycles. The van der Waals surface area contributed by atoms with Crippen molar-refractivity contribution < 1.29 is 4.79 Å². The van der Waals surface area contributed by atoms with E-state index in [1.54, 1.807) is 13.0 Å². The minimum Gasteiger partial charge on any atom is -0.366 e. The highest BCUT2D eigenvalue weighted by atomic mass is 16.1. The summed E-state index contributed by atoms with van der Waals surface area (Å²) in [7, 11) is 0. The van der Waals surface area contributed by atoms with Crippen LogP contribution in [-0.2, 0) is 4.79 Å². The molecule has 0 saturated carbocycles. The smallest absolute Gasteiger partial charge is 0.244 e. The molecule has 0 aliphatic heterocycles. The second kappa shape index (κ2) is 4.87. The van der Waals surface area contributed by atoms with Crippen LogP contribution in [0.1, 0.15) is 19.8 Å². The van der Waals surface area contributed by atoms with Gasteiger partial charge < -0.3 is 17.2 Å². The average molecular weight is 157 g/mol. The minimum absolute atomic E-state index is 0.313. The molecule has 0 aliphatic rings. The maximum Gasteiger partial charge on any atom is 0.244 e. The number of nitrogens with two attached hydrogens (primary N) is 3. The first-order valence-electron chi connectivity index (χ1n) is 3.51. The van der Waals surface area contributed by atoms with Crippen molar-refractivity contribution in [2.75, 3.05) is 0 Å². The molecule has 0 aromatic carbocycles. The standard InChI is InChI=1S/C7H15N3O/c1-5(7(10)11)3-2-4-6(8)9/h3,6H,2,4,8-9H2,1H3,(H2,10,11). The molecular formula is C7H15N3O. The van der Waals surface area contributed by atoms with Gasteiger partial charge in [-0.25, -0.2) is 0 Å². The van der Waals surface area contributed by atoms with Crippen LogP contribution >= 0.6 is 0 Å². The Bertz CT molecular complexity index is 163. The fraction of sp³-hybridized carbons (Fsp3) is 0.571. The number of hydrogen-bond donors (Lipinski definition) is 3. The minimum atomic E-state index is -0.393. The van der Waals surface area contributed by atoms with Gasteiger partial charge in [-0.15, -0.1) is 0 Å². The maximum atomic E-state index is 10.5. The molecule has 6 N–H and O–H groups in total. The lowest BCUT2D eigenvalue weighted by molar-refractivity contribution is -0.114. The Labute approximate surface area is 66.4 Å². The summed E-state index contributed by atoms with van der Waals surface area (Å²) in [4.78, 5) is 10.5. The molecule has 4 nitrogen and oxygen atoms in total. The molecule has 11 heavy (non-hydrogen) atoms. The Morgan fingerprint density at radius 1 is 1.55 bits per heavy atom. The lowest BCUT2D eigenvalue weighted by atomic mass is 10.2. The summed E-state index contributed by atoms with van der Waals surface area (Å²) in [6, 6.07) is 0. The van der Waals surface area contributed by atoms with Crippen LogP contribution in [0.5, 0.6) is 0 Å². The molecule has 0 unspecified atom stereocenters. The predicted octanol–water partition coefficient (Wildman–Crippen LogP) is -0.558. The van der Waals surface area contributed by atoms with E-state index in [2.05, 4.69) is 0 Å². The van der Waals surface area contributed by atoms with E-state index in [4.69, 9.17) is 17.2 Å². The van der Waals surface area contributed by atoms with Crippen molar-refractivity contribution >= 4 is 5.91 Å². The largest absolute Gasteiger partial charge is 0.366 e. The van der Waals surface area contributed by atoms with Crippen LogP contribution in [0.25, 0.3) is 0 Å². The Balaban J connectivity index is 3.65. The predicted molar refractivity (Wildman–Crippen MR) is 44.3 cm³/mol. The summed E-state index contributed by atoms with van der Waals surface area (Å²) in [6.45, 7) is 1.67. The van der Waals surface area contributed by atoms with Gasteiger partial charge in [0.2, 0.25) is 5.91 Å². The van der Waals surface area contributed by atoms with E-state index < -0.39 is 5.91 Å². The first-order chi connectivity index (χ1) is 5.04. The van der Waals surface area contributed by atoms with E-state index in [1.807, 2.05) is 0 Å². The highest BCUT2D eigenvalue weighted by Crippen LogP contribution is 1.97.